The van der Waals surface area contributed by atoms with Crippen molar-refractivity contribution >= 4 is 11.8 Å². The summed E-state index contributed by atoms with van der Waals surface area (Å²) < 4.78 is 47.2. The number of nitrogens with zero attached hydrogens (tertiary/aromatic N) is 4. The maximum absolute atomic E-state index is 13.6. The summed E-state index contributed by atoms with van der Waals surface area (Å²) in [4.78, 5) is 0.612. The Morgan fingerprint density at radius 2 is 1.85 bits per heavy atom. The molecular formula is C21H17F3N4O4S. The van der Waals surface area contributed by atoms with E-state index in [-0.39, 0.29) is 11.3 Å². The summed E-state index contributed by atoms with van der Waals surface area (Å²) in [5.41, 5.74) is -0.671. The van der Waals surface area contributed by atoms with E-state index in [1.54, 1.807) is 24.3 Å². The van der Waals surface area contributed by atoms with Crippen LogP contribution in [-0.2, 0) is 4.74 Å². The quantitative estimate of drug-likeness (QED) is 0.476. The van der Waals surface area contributed by atoms with E-state index >= 15 is 0 Å². The van der Waals surface area contributed by atoms with Crippen molar-refractivity contribution in [2.75, 3.05) is 6.61 Å². The van der Waals surface area contributed by atoms with E-state index in [9.17, 15) is 28.5 Å². The third-order valence-electron chi connectivity index (χ3n) is 5.16. The first-order chi connectivity index (χ1) is 15.8. The third-order valence-corrected chi connectivity index (χ3v) is 6.31. The fourth-order valence-corrected chi connectivity index (χ4v) is 4.63. The van der Waals surface area contributed by atoms with Crippen LogP contribution in [0.4, 0.5) is 13.2 Å². The molecule has 3 unspecified atom stereocenters. The highest BCUT2D eigenvalue weighted by atomic mass is 32.2. The lowest BCUT2D eigenvalue weighted by atomic mass is 9.97. The number of aliphatic hydroxyl groups excluding tert-OH is 3. The highest BCUT2D eigenvalue weighted by molar-refractivity contribution is 7.99. The number of nitriles is 1. The number of ether oxygens (including phenoxy) is 1. The molecule has 0 aliphatic carbocycles. The molecule has 1 fully saturated rings. The van der Waals surface area contributed by atoms with E-state index in [1.807, 2.05) is 6.07 Å². The number of hydrogen-bond donors (Lipinski definition) is 3. The summed E-state index contributed by atoms with van der Waals surface area (Å²) in [7, 11) is 0. The van der Waals surface area contributed by atoms with Gasteiger partial charge in [-0.05, 0) is 30.3 Å². The van der Waals surface area contributed by atoms with Crippen LogP contribution in [0, 0.1) is 28.8 Å². The maximum atomic E-state index is 13.6. The van der Waals surface area contributed by atoms with Crippen LogP contribution in [0.1, 0.15) is 11.6 Å². The zero-order valence-electron chi connectivity index (χ0n) is 16.7. The van der Waals surface area contributed by atoms with Gasteiger partial charge in [0.2, 0.25) is 0 Å². The second kappa shape index (κ2) is 9.50. The van der Waals surface area contributed by atoms with Gasteiger partial charge in [0.15, 0.2) is 17.5 Å². The highest BCUT2D eigenvalue weighted by Crippen LogP contribution is 2.38. The molecule has 12 heteroatoms. The standard InChI is InChI=1S/C21H17F3N4O4S/c22-13-5-11(6-14(23)17(13)24)15-8-28(27-26-15)18-19(30)16(9-29)32-21(20(18)31)33-12-3-1-2-10(4-12)7-25/h1-6,8,16,18-21,29-31H,9H2/t16?,18?,19-,20?,21+/m0/s1. The summed E-state index contributed by atoms with van der Waals surface area (Å²) in [6.07, 6.45) is -2.59. The molecule has 4 rings (SSSR count). The smallest absolute Gasteiger partial charge is 0.194 e. The molecule has 3 aromatic rings. The van der Waals surface area contributed by atoms with Crippen molar-refractivity contribution in [2.45, 2.75) is 34.7 Å². The van der Waals surface area contributed by atoms with Gasteiger partial charge in [0.1, 0.15) is 35.5 Å². The van der Waals surface area contributed by atoms with Crippen molar-refractivity contribution in [1.29, 1.82) is 5.26 Å². The summed E-state index contributed by atoms with van der Waals surface area (Å²) in [5.74, 6) is -4.42. The Morgan fingerprint density at radius 3 is 2.52 bits per heavy atom. The molecule has 1 saturated heterocycles. The van der Waals surface area contributed by atoms with E-state index in [4.69, 9.17) is 10.00 Å². The van der Waals surface area contributed by atoms with Crippen molar-refractivity contribution in [3.8, 4) is 17.3 Å². The maximum Gasteiger partial charge on any atom is 0.194 e. The second-order valence-corrected chi connectivity index (χ2v) is 8.46. The van der Waals surface area contributed by atoms with Crippen molar-refractivity contribution in [3.63, 3.8) is 0 Å². The summed E-state index contributed by atoms with van der Waals surface area (Å²) >= 11 is 1.08. The molecule has 1 aromatic heterocycles. The zero-order chi connectivity index (χ0) is 23.7. The van der Waals surface area contributed by atoms with Gasteiger partial charge in [0.25, 0.3) is 0 Å². The molecular weight excluding hydrogens is 461 g/mol. The number of aliphatic hydroxyl groups is 3. The minimum absolute atomic E-state index is 0.0230. The van der Waals surface area contributed by atoms with E-state index in [2.05, 4.69) is 10.3 Å². The zero-order valence-corrected chi connectivity index (χ0v) is 17.5. The summed E-state index contributed by atoms with van der Waals surface area (Å²) in [5, 5.41) is 48.0. The average molecular weight is 478 g/mol. The lowest BCUT2D eigenvalue weighted by Crippen LogP contribution is -2.55. The van der Waals surface area contributed by atoms with E-state index in [1.165, 1.54) is 6.20 Å². The molecule has 5 atom stereocenters. The third kappa shape index (κ3) is 4.59. The molecule has 33 heavy (non-hydrogen) atoms. The van der Waals surface area contributed by atoms with Crippen LogP contribution in [0.25, 0.3) is 11.3 Å². The Hall–Kier alpha value is -2.95. The molecule has 1 aliphatic heterocycles. The second-order valence-electron chi connectivity index (χ2n) is 7.29. The Balaban J connectivity index is 1.64. The molecule has 0 spiro atoms. The Morgan fingerprint density at radius 1 is 1.12 bits per heavy atom. The van der Waals surface area contributed by atoms with Gasteiger partial charge < -0.3 is 20.1 Å². The number of rotatable bonds is 5. The number of halogens is 3. The number of thioether (sulfide) groups is 1. The van der Waals surface area contributed by atoms with Gasteiger partial charge in [-0.3, -0.25) is 0 Å². The SMILES string of the molecule is N#Cc1cccc(S[C@H]2OC(CO)[C@H](O)C(n3cc(-c4cc(F)c(F)c(F)c4)nn3)C2O)c1. The van der Waals surface area contributed by atoms with Gasteiger partial charge >= 0.3 is 0 Å². The van der Waals surface area contributed by atoms with Crippen LogP contribution in [0.5, 0.6) is 0 Å². The molecule has 2 heterocycles. The molecule has 2 aromatic carbocycles. The predicted octanol–water partition coefficient (Wildman–Crippen LogP) is 2.01. The number of hydrogen-bond acceptors (Lipinski definition) is 8. The normalized spacial score (nSPS) is 25.1. The molecule has 0 bridgehead atoms. The van der Waals surface area contributed by atoms with Crippen molar-refractivity contribution < 1.29 is 33.2 Å². The van der Waals surface area contributed by atoms with Crippen LogP contribution in [-0.4, -0.2) is 60.7 Å². The van der Waals surface area contributed by atoms with Crippen LogP contribution < -0.4 is 0 Å². The minimum Gasteiger partial charge on any atom is -0.394 e. The van der Waals surface area contributed by atoms with Gasteiger partial charge in [0.05, 0.1) is 24.4 Å². The lowest BCUT2D eigenvalue weighted by molar-refractivity contribution is -0.178. The van der Waals surface area contributed by atoms with Gasteiger partial charge in [-0.2, -0.15) is 5.26 Å². The van der Waals surface area contributed by atoms with Crippen molar-refractivity contribution in [2.24, 2.45) is 0 Å². The van der Waals surface area contributed by atoms with Crippen LogP contribution >= 0.6 is 11.8 Å². The van der Waals surface area contributed by atoms with Gasteiger partial charge in [-0.15, -0.1) is 5.10 Å². The summed E-state index contributed by atoms with van der Waals surface area (Å²) in [6, 6.07) is 8.96. The predicted molar refractivity (Wildman–Crippen MR) is 109 cm³/mol. The van der Waals surface area contributed by atoms with Crippen molar-refractivity contribution in [1.82, 2.24) is 15.0 Å². The number of aromatic nitrogens is 3. The molecule has 3 N–H and O–H groups in total. The van der Waals surface area contributed by atoms with Gasteiger partial charge in [0, 0.05) is 10.5 Å². The molecule has 172 valence electrons. The summed E-state index contributed by atoms with van der Waals surface area (Å²) in [6.45, 7) is -0.560. The molecule has 1 aliphatic rings. The molecule has 0 amide bonds. The average Bonchev–Trinajstić information content (AvgIpc) is 3.29. The van der Waals surface area contributed by atoms with Gasteiger partial charge in [-0.1, -0.05) is 23.0 Å². The van der Waals surface area contributed by atoms with Crippen LogP contribution in [0.3, 0.4) is 0 Å². The van der Waals surface area contributed by atoms with Crippen molar-refractivity contribution in [3.05, 3.63) is 65.6 Å². The fraction of sp³-hybridized carbons (Fsp3) is 0.286. The first-order valence-corrected chi connectivity index (χ1v) is 10.6. The topological polar surface area (TPSA) is 124 Å². The van der Waals surface area contributed by atoms with Crippen LogP contribution in [0.2, 0.25) is 0 Å². The van der Waals surface area contributed by atoms with Crippen LogP contribution in [0.15, 0.2) is 47.5 Å². The highest BCUT2D eigenvalue weighted by Gasteiger charge is 2.46. The first kappa shape index (κ1) is 23.2. The van der Waals surface area contributed by atoms with E-state index < -0.39 is 53.8 Å². The van der Waals surface area contributed by atoms with E-state index in [0.29, 0.717) is 10.5 Å². The Kier molecular flexibility index (Phi) is 6.68. The molecule has 0 saturated carbocycles. The van der Waals surface area contributed by atoms with Gasteiger partial charge in [-0.25, -0.2) is 17.9 Å². The largest absolute Gasteiger partial charge is 0.394 e. The van der Waals surface area contributed by atoms with E-state index in [0.717, 1.165) is 28.6 Å². The molecule has 8 nitrogen and oxygen atoms in total. The minimum atomic E-state index is -1.62. The Bertz CT molecular complexity index is 1180. The Labute approximate surface area is 189 Å². The first-order valence-electron chi connectivity index (χ1n) is 9.68. The number of benzene rings is 2. The fourth-order valence-electron chi connectivity index (χ4n) is 3.51. The molecule has 0 radical (unpaired) electrons. The lowest BCUT2D eigenvalue weighted by Gasteiger charge is -2.41. The monoisotopic (exact) mass is 478 g/mol.